The van der Waals surface area contributed by atoms with Crippen LogP contribution in [0.15, 0.2) is 12.3 Å². The third-order valence-electron chi connectivity index (χ3n) is 2.00. The Morgan fingerprint density at radius 3 is 2.47 bits per heavy atom. The van der Waals surface area contributed by atoms with Crippen molar-refractivity contribution < 1.29 is 4.39 Å². The van der Waals surface area contributed by atoms with Crippen molar-refractivity contribution in [2.45, 2.75) is 6.92 Å². The van der Waals surface area contributed by atoms with Gasteiger partial charge in [-0.3, -0.25) is 0 Å². The van der Waals surface area contributed by atoms with Gasteiger partial charge in [0, 0.05) is 6.20 Å². The monoisotopic (exact) mass is 291 g/mol. The van der Waals surface area contributed by atoms with E-state index in [9.17, 15) is 4.39 Å². The summed E-state index contributed by atoms with van der Waals surface area (Å²) in [4.78, 5) is 11.7. The van der Waals surface area contributed by atoms with Gasteiger partial charge in [-0.15, -0.1) is 0 Å². The van der Waals surface area contributed by atoms with Crippen molar-refractivity contribution in [2.75, 3.05) is 0 Å². The van der Waals surface area contributed by atoms with Gasteiger partial charge in [0.15, 0.2) is 16.8 Å². The number of halogens is 4. The van der Waals surface area contributed by atoms with Gasteiger partial charge in [0.2, 0.25) is 0 Å². The molecule has 0 aliphatic rings. The number of aryl methyl sites for hydroxylation is 1. The number of pyridine rings is 1. The maximum absolute atomic E-state index is 13.3. The molecule has 0 amide bonds. The van der Waals surface area contributed by atoms with Crippen molar-refractivity contribution in [1.29, 1.82) is 0 Å². The molecule has 0 saturated heterocycles. The highest BCUT2D eigenvalue weighted by molar-refractivity contribution is 6.36. The Balaban J connectivity index is 2.61. The number of rotatable bonds is 1. The van der Waals surface area contributed by atoms with E-state index < -0.39 is 5.82 Å². The fourth-order valence-corrected chi connectivity index (χ4v) is 1.89. The van der Waals surface area contributed by atoms with E-state index in [0.29, 0.717) is 10.7 Å². The molecule has 2 heterocycles. The molecule has 3 nitrogen and oxygen atoms in total. The van der Waals surface area contributed by atoms with Crippen molar-refractivity contribution in [3.8, 4) is 11.5 Å². The van der Waals surface area contributed by atoms with E-state index in [0.717, 1.165) is 0 Å². The molecule has 0 aliphatic heterocycles. The maximum atomic E-state index is 13.3. The van der Waals surface area contributed by atoms with E-state index in [1.165, 1.54) is 19.2 Å². The molecule has 0 fully saturated rings. The zero-order valence-electron chi connectivity index (χ0n) is 8.51. The summed E-state index contributed by atoms with van der Waals surface area (Å²) in [6, 6.07) is 1.50. The fraction of sp³-hybridized carbons (Fsp3) is 0.100. The topological polar surface area (TPSA) is 38.7 Å². The number of hydrogen-bond donors (Lipinski definition) is 0. The summed E-state index contributed by atoms with van der Waals surface area (Å²) in [6.45, 7) is 1.48. The minimum atomic E-state index is -0.652. The van der Waals surface area contributed by atoms with Crippen LogP contribution in [0.2, 0.25) is 15.2 Å². The third kappa shape index (κ3) is 2.49. The van der Waals surface area contributed by atoms with Crippen LogP contribution in [-0.2, 0) is 0 Å². The lowest BCUT2D eigenvalue weighted by Crippen LogP contribution is -1.99. The van der Waals surface area contributed by atoms with Gasteiger partial charge in [-0.1, -0.05) is 34.8 Å². The first-order valence-electron chi connectivity index (χ1n) is 4.50. The van der Waals surface area contributed by atoms with Crippen LogP contribution >= 0.6 is 34.8 Å². The van der Waals surface area contributed by atoms with Gasteiger partial charge in [-0.25, -0.2) is 19.3 Å². The van der Waals surface area contributed by atoms with Gasteiger partial charge in [-0.2, -0.15) is 0 Å². The molecule has 2 rings (SSSR count). The van der Waals surface area contributed by atoms with Crippen molar-refractivity contribution in [2.24, 2.45) is 0 Å². The van der Waals surface area contributed by atoms with Gasteiger partial charge < -0.3 is 0 Å². The lowest BCUT2D eigenvalue weighted by molar-refractivity contribution is 0.603. The fourth-order valence-electron chi connectivity index (χ4n) is 1.21. The summed E-state index contributed by atoms with van der Waals surface area (Å²) in [5.41, 5.74) is 0.439. The Kier molecular flexibility index (Phi) is 3.47. The van der Waals surface area contributed by atoms with Crippen molar-refractivity contribution in [3.05, 3.63) is 39.0 Å². The summed E-state index contributed by atoms with van der Waals surface area (Å²) in [5, 5.41) is 0.406. The van der Waals surface area contributed by atoms with E-state index in [2.05, 4.69) is 15.0 Å². The van der Waals surface area contributed by atoms with Gasteiger partial charge >= 0.3 is 0 Å². The molecule has 0 N–H and O–H groups in total. The average molecular weight is 293 g/mol. The summed E-state index contributed by atoms with van der Waals surface area (Å²) in [5.74, 6) is -0.490. The first-order chi connectivity index (χ1) is 7.99. The van der Waals surface area contributed by atoms with E-state index in [1.807, 2.05) is 0 Å². The van der Waals surface area contributed by atoms with Crippen LogP contribution in [0.3, 0.4) is 0 Å². The van der Waals surface area contributed by atoms with Gasteiger partial charge in [0.25, 0.3) is 0 Å². The van der Waals surface area contributed by atoms with Crippen LogP contribution in [0.5, 0.6) is 0 Å². The van der Waals surface area contributed by atoms with Crippen LogP contribution in [0.25, 0.3) is 11.5 Å². The molecule has 88 valence electrons. The predicted molar refractivity (Wildman–Crippen MR) is 65.0 cm³/mol. The SMILES string of the molecule is Cc1nc(-c2ncc(Cl)cc2Cl)nc(Cl)c1F. The summed E-state index contributed by atoms with van der Waals surface area (Å²) < 4.78 is 13.3. The van der Waals surface area contributed by atoms with Crippen LogP contribution in [0.1, 0.15) is 5.69 Å². The molecule has 0 radical (unpaired) electrons. The minimum absolute atomic E-state index is 0.132. The molecule has 7 heteroatoms. The van der Waals surface area contributed by atoms with E-state index >= 15 is 0 Å². The molecule has 0 spiro atoms. The highest BCUT2D eigenvalue weighted by atomic mass is 35.5. The van der Waals surface area contributed by atoms with Crippen molar-refractivity contribution >= 4 is 34.8 Å². The first-order valence-corrected chi connectivity index (χ1v) is 5.63. The predicted octanol–water partition coefficient (Wildman–Crippen LogP) is 3.95. The largest absolute Gasteiger partial charge is 0.250 e. The Hall–Kier alpha value is -0.970. The zero-order chi connectivity index (χ0) is 12.6. The molecule has 0 aliphatic carbocycles. The molecule has 0 unspecified atom stereocenters. The number of aromatic nitrogens is 3. The highest BCUT2D eigenvalue weighted by Gasteiger charge is 2.14. The molecule has 2 aromatic heterocycles. The normalized spacial score (nSPS) is 10.6. The standard InChI is InChI=1S/C10H5Cl3FN3/c1-4-7(14)9(13)17-10(16-4)8-6(12)2-5(11)3-15-8/h2-3H,1H3. The van der Waals surface area contributed by atoms with Gasteiger partial charge in [-0.05, 0) is 13.0 Å². The second-order valence-corrected chi connectivity index (χ2v) is 4.42. The van der Waals surface area contributed by atoms with Crippen molar-refractivity contribution in [1.82, 2.24) is 15.0 Å². The lowest BCUT2D eigenvalue weighted by atomic mass is 10.3. The first kappa shape index (κ1) is 12.5. The maximum Gasteiger partial charge on any atom is 0.181 e. The number of hydrogen-bond acceptors (Lipinski definition) is 3. The Labute approximate surface area is 112 Å². The van der Waals surface area contributed by atoms with Gasteiger partial charge in [0.05, 0.1) is 15.7 Å². The smallest absolute Gasteiger partial charge is 0.181 e. The molecule has 0 bridgehead atoms. The molecule has 17 heavy (non-hydrogen) atoms. The van der Waals surface area contributed by atoms with Crippen molar-refractivity contribution in [3.63, 3.8) is 0 Å². The van der Waals surface area contributed by atoms with E-state index in [1.54, 1.807) is 0 Å². The summed E-state index contributed by atoms with van der Waals surface area (Å²) >= 11 is 17.3. The zero-order valence-corrected chi connectivity index (χ0v) is 10.8. The Bertz CT molecular complexity index is 566. The molecular weight excluding hydrogens is 287 g/mol. The molecular formula is C10H5Cl3FN3. The Morgan fingerprint density at radius 2 is 1.88 bits per heavy atom. The quantitative estimate of drug-likeness (QED) is 0.747. The van der Waals surface area contributed by atoms with Crippen LogP contribution in [-0.4, -0.2) is 15.0 Å². The molecule has 0 atom stereocenters. The molecule has 2 aromatic rings. The highest BCUT2D eigenvalue weighted by Crippen LogP contribution is 2.27. The summed E-state index contributed by atoms with van der Waals surface area (Å²) in [6.07, 6.45) is 1.40. The second-order valence-electron chi connectivity index (χ2n) is 3.22. The van der Waals surface area contributed by atoms with Crippen LogP contribution in [0.4, 0.5) is 4.39 Å². The number of nitrogens with zero attached hydrogens (tertiary/aromatic N) is 3. The van der Waals surface area contributed by atoms with E-state index in [-0.39, 0.29) is 21.7 Å². The minimum Gasteiger partial charge on any atom is -0.250 e. The lowest BCUT2D eigenvalue weighted by Gasteiger charge is -2.05. The second kappa shape index (κ2) is 4.72. The third-order valence-corrected chi connectivity index (χ3v) is 2.74. The Morgan fingerprint density at radius 1 is 1.18 bits per heavy atom. The van der Waals surface area contributed by atoms with Crippen LogP contribution < -0.4 is 0 Å². The van der Waals surface area contributed by atoms with Gasteiger partial charge in [0.1, 0.15) is 5.69 Å². The van der Waals surface area contributed by atoms with E-state index in [4.69, 9.17) is 34.8 Å². The molecule has 0 saturated carbocycles. The van der Waals surface area contributed by atoms with Crippen LogP contribution in [0, 0.1) is 12.7 Å². The average Bonchev–Trinajstić information content (AvgIpc) is 2.25. The summed E-state index contributed by atoms with van der Waals surface area (Å²) in [7, 11) is 0. The molecule has 0 aromatic carbocycles.